The van der Waals surface area contributed by atoms with Crippen molar-refractivity contribution in [3.05, 3.63) is 40.2 Å². The number of H-pyrrole nitrogens is 1. The summed E-state index contributed by atoms with van der Waals surface area (Å²) >= 11 is 0. The quantitative estimate of drug-likeness (QED) is 0.698. The number of carboxylic acid groups (broad SMARTS) is 1. The van der Waals surface area contributed by atoms with Gasteiger partial charge in [0.2, 0.25) is 5.56 Å². The molecule has 0 radical (unpaired) electrons. The maximum Gasteiger partial charge on any atom is 0.307 e. The lowest BCUT2D eigenvalue weighted by Gasteiger charge is -2.04. The average molecular weight is 219 g/mol. The third-order valence-corrected chi connectivity index (χ3v) is 2.28. The van der Waals surface area contributed by atoms with Crippen LogP contribution in [0, 0.1) is 0 Å². The van der Waals surface area contributed by atoms with Crippen molar-refractivity contribution in [2.45, 2.75) is 6.42 Å². The number of pyridine rings is 1. The maximum atomic E-state index is 11.3. The monoisotopic (exact) mass is 219 g/mol. The van der Waals surface area contributed by atoms with E-state index in [1.54, 1.807) is 12.1 Å². The van der Waals surface area contributed by atoms with Crippen molar-refractivity contribution in [1.29, 1.82) is 0 Å². The molecule has 0 aliphatic carbocycles. The Morgan fingerprint density at radius 1 is 1.38 bits per heavy atom. The Hall–Kier alpha value is -2.30. The Morgan fingerprint density at radius 3 is 2.81 bits per heavy atom. The number of benzene rings is 1. The molecule has 16 heavy (non-hydrogen) atoms. The molecule has 0 atom stereocenters. The molecule has 0 fully saturated rings. The number of phenols is 1. The summed E-state index contributed by atoms with van der Waals surface area (Å²) in [6.45, 7) is 0. The van der Waals surface area contributed by atoms with E-state index in [1.807, 2.05) is 0 Å². The first-order valence-electron chi connectivity index (χ1n) is 4.63. The Labute approximate surface area is 90.0 Å². The molecule has 5 heteroatoms. The highest BCUT2D eigenvalue weighted by Crippen LogP contribution is 2.23. The normalized spacial score (nSPS) is 10.5. The van der Waals surface area contributed by atoms with Crippen LogP contribution in [0.2, 0.25) is 0 Å². The second kappa shape index (κ2) is 3.69. The zero-order valence-electron chi connectivity index (χ0n) is 8.23. The van der Waals surface area contributed by atoms with Crippen LogP contribution >= 0.6 is 0 Å². The van der Waals surface area contributed by atoms with Crippen molar-refractivity contribution in [1.82, 2.24) is 4.98 Å². The number of aromatic hydroxyl groups is 1. The summed E-state index contributed by atoms with van der Waals surface area (Å²) in [5.41, 5.74) is 0.235. The van der Waals surface area contributed by atoms with Gasteiger partial charge in [-0.15, -0.1) is 0 Å². The van der Waals surface area contributed by atoms with Crippen LogP contribution in [0.3, 0.4) is 0 Å². The smallest absolute Gasteiger partial charge is 0.307 e. The van der Waals surface area contributed by atoms with Gasteiger partial charge in [-0.2, -0.15) is 0 Å². The van der Waals surface area contributed by atoms with E-state index < -0.39 is 11.5 Å². The molecule has 2 rings (SSSR count). The van der Waals surface area contributed by atoms with Gasteiger partial charge in [0, 0.05) is 11.5 Å². The molecule has 82 valence electrons. The highest BCUT2D eigenvalue weighted by molar-refractivity contribution is 5.89. The number of aromatic nitrogens is 1. The van der Waals surface area contributed by atoms with Crippen molar-refractivity contribution < 1.29 is 15.0 Å². The Bertz CT molecular complexity index is 615. The number of aromatic amines is 1. The van der Waals surface area contributed by atoms with Gasteiger partial charge >= 0.3 is 5.97 Å². The lowest BCUT2D eigenvalue weighted by atomic mass is 10.1. The van der Waals surface area contributed by atoms with Crippen LogP contribution in [0.15, 0.2) is 29.1 Å². The second-order valence-corrected chi connectivity index (χ2v) is 3.43. The van der Waals surface area contributed by atoms with E-state index in [4.69, 9.17) is 5.11 Å². The highest BCUT2D eigenvalue weighted by atomic mass is 16.4. The SMILES string of the molecule is O=C(O)Cc1cc(=O)[nH]c2c(O)cccc12. The molecule has 1 heterocycles. The van der Waals surface area contributed by atoms with Gasteiger partial charge < -0.3 is 15.2 Å². The zero-order valence-corrected chi connectivity index (χ0v) is 8.23. The topological polar surface area (TPSA) is 90.4 Å². The van der Waals surface area contributed by atoms with E-state index in [9.17, 15) is 14.7 Å². The van der Waals surface area contributed by atoms with Crippen molar-refractivity contribution in [2.24, 2.45) is 0 Å². The third-order valence-electron chi connectivity index (χ3n) is 2.28. The van der Waals surface area contributed by atoms with E-state index in [1.165, 1.54) is 12.1 Å². The van der Waals surface area contributed by atoms with Crippen molar-refractivity contribution in [2.75, 3.05) is 0 Å². The minimum absolute atomic E-state index is 0.0677. The van der Waals surface area contributed by atoms with Crippen LogP contribution in [-0.4, -0.2) is 21.2 Å². The fraction of sp³-hybridized carbons (Fsp3) is 0.0909. The number of fused-ring (bicyclic) bond motifs is 1. The molecular formula is C11H9NO4. The number of para-hydroxylation sites is 1. The van der Waals surface area contributed by atoms with Gasteiger partial charge in [0.25, 0.3) is 0 Å². The Kier molecular flexibility index (Phi) is 2.36. The van der Waals surface area contributed by atoms with E-state index in [0.717, 1.165) is 0 Å². The molecule has 0 aliphatic heterocycles. The molecule has 0 unspecified atom stereocenters. The van der Waals surface area contributed by atoms with Crippen LogP contribution in [-0.2, 0) is 11.2 Å². The van der Waals surface area contributed by atoms with Crippen molar-refractivity contribution in [3.8, 4) is 5.75 Å². The predicted molar refractivity (Wildman–Crippen MR) is 57.6 cm³/mol. The Balaban J connectivity index is 2.78. The first kappa shape index (κ1) is 10.2. The first-order chi connectivity index (χ1) is 7.58. The van der Waals surface area contributed by atoms with Gasteiger partial charge in [-0.05, 0) is 11.6 Å². The molecule has 0 aliphatic rings. The number of carbonyl (C=O) groups is 1. The molecule has 0 amide bonds. The number of nitrogens with one attached hydrogen (secondary N) is 1. The van der Waals surface area contributed by atoms with E-state index in [-0.39, 0.29) is 17.7 Å². The van der Waals surface area contributed by atoms with Crippen LogP contribution in [0.1, 0.15) is 5.56 Å². The van der Waals surface area contributed by atoms with Crippen LogP contribution in [0.25, 0.3) is 10.9 Å². The number of hydrogen-bond donors (Lipinski definition) is 3. The lowest BCUT2D eigenvalue weighted by molar-refractivity contribution is -0.136. The van der Waals surface area contributed by atoms with Gasteiger partial charge in [0.1, 0.15) is 5.75 Å². The molecular weight excluding hydrogens is 210 g/mol. The van der Waals surface area contributed by atoms with E-state index in [2.05, 4.69) is 4.98 Å². The fourth-order valence-corrected chi connectivity index (χ4v) is 1.64. The molecule has 0 spiro atoms. The van der Waals surface area contributed by atoms with Gasteiger partial charge in [-0.25, -0.2) is 0 Å². The molecule has 5 nitrogen and oxygen atoms in total. The Morgan fingerprint density at radius 2 is 2.12 bits per heavy atom. The highest BCUT2D eigenvalue weighted by Gasteiger charge is 2.09. The summed E-state index contributed by atoms with van der Waals surface area (Å²) in [6, 6.07) is 5.92. The van der Waals surface area contributed by atoms with Gasteiger partial charge in [0.15, 0.2) is 0 Å². The number of carboxylic acids is 1. The van der Waals surface area contributed by atoms with Gasteiger partial charge in [-0.3, -0.25) is 9.59 Å². The molecule has 0 bridgehead atoms. The van der Waals surface area contributed by atoms with Crippen LogP contribution in [0.4, 0.5) is 0 Å². The van der Waals surface area contributed by atoms with Gasteiger partial charge in [0.05, 0.1) is 11.9 Å². The third kappa shape index (κ3) is 1.75. The lowest BCUT2D eigenvalue weighted by Crippen LogP contribution is -2.09. The number of aliphatic carboxylic acids is 1. The zero-order chi connectivity index (χ0) is 11.7. The summed E-state index contributed by atoms with van der Waals surface area (Å²) < 4.78 is 0. The summed E-state index contributed by atoms with van der Waals surface area (Å²) in [4.78, 5) is 24.4. The van der Waals surface area contributed by atoms with Crippen molar-refractivity contribution in [3.63, 3.8) is 0 Å². The van der Waals surface area contributed by atoms with E-state index in [0.29, 0.717) is 10.9 Å². The van der Waals surface area contributed by atoms with Gasteiger partial charge in [-0.1, -0.05) is 12.1 Å². The van der Waals surface area contributed by atoms with Crippen LogP contribution < -0.4 is 5.56 Å². The molecule has 0 saturated heterocycles. The summed E-state index contributed by atoms with van der Waals surface area (Å²) in [7, 11) is 0. The summed E-state index contributed by atoms with van der Waals surface area (Å²) in [5, 5.41) is 18.8. The average Bonchev–Trinajstić information content (AvgIpc) is 2.18. The predicted octanol–water partition coefficient (Wildman–Crippen LogP) is 0.861. The van der Waals surface area contributed by atoms with Crippen molar-refractivity contribution >= 4 is 16.9 Å². The summed E-state index contributed by atoms with van der Waals surface area (Å²) in [5.74, 6) is -1.09. The van der Waals surface area contributed by atoms with Crippen LogP contribution in [0.5, 0.6) is 5.75 Å². The maximum absolute atomic E-state index is 11.3. The number of rotatable bonds is 2. The molecule has 2 aromatic rings. The standard InChI is InChI=1S/C11H9NO4/c13-8-3-1-2-7-6(5-10(15)16)4-9(14)12-11(7)8/h1-4,13H,5H2,(H,12,14)(H,15,16). The fourth-order valence-electron chi connectivity index (χ4n) is 1.64. The minimum Gasteiger partial charge on any atom is -0.506 e. The minimum atomic E-state index is -1.02. The molecule has 1 aromatic heterocycles. The molecule has 1 aromatic carbocycles. The molecule has 0 saturated carbocycles. The summed E-state index contributed by atoms with van der Waals surface area (Å²) in [6.07, 6.45) is -0.246. The number of phenolic OH excluding ortho intramolecular Hbond substituents is 1. The first-order valence-corrected chi connectivity index (χ1v) is 4.63. The second-order valence-electron chi connectivity index (χ2n) is 3.43. The van der Waals surface area contributed by atoms with E-state index >= 15 is 0 Å². The number of hydrogen-bond acceptors (Lipinski definition) is 3. The largest absolute Gasteiger partial charge is 0.506 e. The molecule has 3 N–H and O–H groups in total.